The molecule has 2 heterocycles. The molecule has 0 N–H and O–H groups in total. The second-order valence-corrected chi connectivity index (χ2v) is 13.3. The Bertz CT molecular complexity index is 2330. The second-order valence-electron chi connectivity index (χ2n) is 13.3. The maximum absolute atomic E-state index is 5.06. The molecule has 49 heavy (non-hydrogen) atoms. The van der Waals surface area contributed by atoms with E-state index in [1.54, 1.807) is 5.57 Å². The summed E-state index contributed by atoms with van der Waals surface area (Å²) in [6.45, 7) is 0. The van der Waals surface area contributed by atoms with Crippen LogP contribution in [0.25, 0.3) is 68.3 Å². The normalized spacial score (nSPS) is 19.9. The van der Waals surface area contributed by atoms with Gasteiger partial charge in [0.1, 0.15) is 0 Å². The third-order valence-electron chi connectivity index (χ3n) is 10.4. The Labute approximate surface area is 284 Å². The molecule has 2 aromatic heterocycles. The van der Waals surface area contributed by atoms with Gasteiger partial charge >= 0.3 is 0 Å². The summed E-state index contributed by atoms with van der Waals surface area (Å²) in [4.78, 5) is 29.7. The Hall–Kier alpha value is -6.14. The third-order valence-corrected chi connectivity index (χ3v) is 10.4. The predicted octanol–water partition coefficient (Wildman–Crippen LogP) is 9.28. The van der Waals surface area contributed by atoms with Crippen LogP contribution >= 0.6 is 0 Å². The zero-order valence-electron chi connectivity index (χ0n) is 26.6. The summed E-state index contributed by atoms with van der Waals surface area (Å²) in [6.07, 6.45) is 4.94. The van der Waals surface area contributed by atoms with Gasteiger partial charge in [0, 0.05) is 38.8 Å². The highest BCUT2D eigenvalue weighted by molar-refractivity contribution is 5.71. The molecule has 0 aliphatic heterocycles. The summed E-state index contributed by atoms with van der Waals surface area (Å²) in [6, 6.07) is 47.2. The van der Waals surface area contributed by atoms with Gasteiger partial charge in [-0.1, -0.05) is 145 Å². The summed E-state index contributed by atoms with van der Waals surface area (Å²) < 4.78 is 0. The average Bonchev–Trinajstić information content (AvgIpc) is 3.18. The molecule has 6 heteroatoms. The van der Waals surface area contributed by atoms with Gasteiger partial charge in [0.15, 0.2) is 34.9 Å². The summed E-state index contributed by atoms with van der Waals surface area (Å²) in [5.41, 5.74) is 9.02. The first-order valence-corrected chi connectivity index (χ1v) is 16.8. The first kappa shape index (κ1) is 27.9. The lowest BCUT2D eigenvalue weighted by Crippen LogP contribution is -2.64. The van der Waals surface area contributed by atoms with Crippen LogP contribution in [0, 0.1) is 11.8 Å². The first-order valence-electron chi connectivity index (χ1n) is 16.8. The maximum atomic E-state index is 5.06. The fourth-order valence-corrected chi connectivity index (χ4v) is 7.97. The molecule has 3 atom stereocenters. The molecule has 2 saturated carbocycles. The highest BCUT2D eigenvalue weighted by Crippen LogP contribution is 2.73. The van der Waals surface area contributed by atoms with Gasteiger partial charge in [0.2, 0.25) is 0 Å². The largest absolute Gasteiger partial charge is 0.208 e. The van der Waals surface area contributed by atoms with Crippen LogP contribution in [0.1, 0.15) is 18.4 Å². The minimum Gasteiger partial charge on any atom is -0.208 e. The summed E-state index contributed by atoms with van der Waals surface area (Å²) in [5, 5.41) is 0. The molecule has 232 valence electrons. The van der Waals surface area contributed by atoms with E-state index in [-0.39, 0.29) is 0 Å². The van der Waals surface area contributed by atoms with Crippen LogP contribution in [0.5, 0.6) is 0 Å². The molecule has 3 unspecified atom stereocenters. The van der Waals surface area contributed by atoms with Crippen LogP contribution in [0.2, 0.25) is 0 Å². The number of hydrogen-bond donors (Lipinski definition) is 0. The SMILES string of the molecule is C1=C2CC3(c4cccc(-c5nc(-c6ccccc6)nc(-c6ccc(-c7nc(-c8ccccc8)nc(-c8ccccc8)n7)cc6)n5)c4)CC1C23. The fourth-order valence-electron chi connectivity index (χ4n) is 7.97. The van der Waals surface area contributed by atoms with E-state index in [1.165, 1.54) is 18.4 Å². The second kappa shape index (κ2) is 11.0. The molecule has 7 aromatic rings. The van der Waals surface area contributed by atoms with E-state index in [9.17, 15) is 0 Å². The quantitative estimate of drug-likeness (QED) is 0.163. The van der Waals surface area contributed by atoms with Crippen LogP contribution in [0.3, 0.4) is 0 Å². The standard InChI is InChI=1S/C43H30N6/c1-4-11-27(12-5-1)37-44-38(28-13-6-2-7-14-28)46-40(45-37)30-19-21-31(22-20-30)41-47-39(29-15-8-3-9-16-29)48-42(49-41)32-17-10-18-35(24-32)43-25-33-23-34(26-43)36(33)43/h1-24,33,36H,25-26H2. The summed E-state index contributed by atoms with van der Waals surface area (Å²) in [5.74, 6) is 5.38. The van der Waals surface area contributed by atoms with Gasteiger partial charge in [0.25, 0.3) is 0 Å². The van der Waals surface area contributed by atoms with E-state index in [0.717, 1.165) is 45.2 Å². The van der Waals surface area contributed by atoms with Crippen molar-refractivity contribution in [2.24, 2.45) is 11.8 Å². The van der Waals surface area contributed by atoms with Gasteiger partial charge < -0.3 is 0 Å². The molecule has 6 nitrogen and oxygen atoms in total. The Balaban J connectivity index is 1.04. The highest BCUT2D eigenvalue weighted by atomic mass is 15.0. The molecule has 10 rings (SSSR count). The molecule has 3 aliphatic rings. The van der Waals surface area contributed by atoms with E-state index in [1.807, 2.05) is 115 Å². The maximum Gasteiger partial charge on any atom is 0.164 e. The Morgan fingerprint density at radius 3 is 1.16 bits per heavy atom. The van der Waals surface area contributed by atoms with Crippen molar-refractivity contribution in [1.82, 2.24) is 29.9 Å². The third kappa shape index (κ3) is 4.63. The molecule has 0 bridgehead atoms. The number of rotatable bonds is 7. The van der Waals surface area contributed by atoms with Crippen LogP contribution in [-0.2, 0) is 5.41 Å². The first-order chi connectivity index (χ1) is 24.2. The van der Waals surface area contributed by atoms with Crippen LogP contribution in [-0.4, -0.2) is 29.9 Å². The number of hydrogen-bond acceptors (Lipinski definition) is 6. The van der Waals surface area contributed by atoms with Crippen LogP contribution in [0.15, 0.2) is 151 Å². The van der Waals surface area contributed by atoms with Gasteiger partial charge in [-0.2, -0.15) is 0 Å². The van der Waals surface area contributed by atoms with Crippen LogP contribution < -0.4 is 0 Å². The molecule has 5 aromatic carbocycles. The minimum atomic E-state index is 0.314. The number of benzene rings is 5. The van der Waals surface area contributed by atoms with E-state index < -0.39 is 0 Å². The number of aromatic nitrogens is 6. The fraction of sp³-hybridized carbons (Fsp3) is 0.116. The van der Waals surface area contributed by atoms with E-state index in [4.69, 9.17) is 29.9 Å². The van der Waals surface area contributed by atoms with Gasteiger partial charge in [-0.05, 0) is 36.3 Å². The summed E-state index contributed by atoms with van der Waals surface area (Å²) in [7, 11) is 0. The van der Waals surface area contributed by atoms with Crippen LogP contribution in [0.4, 0.5) is 0 Å². The number of allylic oxidation sites excluding steroid dienone is 2. The van der Waals surface area contributed by atoms with Gasteiger partial charge in [0.05, 0.1) is 0 Å². The molecule has 2 fully saturated rings. The molecular formula is C43H30N6. The smallest absolute Gasteiger partial charge is 0.164 e. The van der Waals surface area contributed by atoms with Crippen molar-refractivity contribution < 1.29 is 0 Å². The molecular weight excluding hydrogens is 601 g/mol. The van der Waals surface area contributed by atoms with Crippen molar-refractivity contribution in [2.45, 2.75) is 18.3 Å². The lowest BCUT2D eigenvalue weighted by molar-refractivity contribution is -0.0137. The van der Waals surface area contributed by atoms with E-state index in [2.05, 4.69) is 30.3 Å². The Morgan fingerprint density at radius 1 is 0.408 bits per heavy atom. The van der Waals surface area contributed by atoms with Crippen molar-refractivity contribution >= 4 is 0 Å². The lowest BCUT2D eigenvalue weighted by Gasteiger charge is -2.70. The van der Waals surface area contributed by atoms with Crippen molar-refractivity contribution in [3.63, 3.8) is 0 Å². The van der Waals surface area contributed by atoms with Gasteiger partial charge in [-0.25, -0.2) is 29.9 Å². The van der Waals surface area contributed by atoms with E-state index in [0.29, 0.717) is 40.4 Å². The Morgan fingerprint density at radius 2 is 0.796 bits per heavy atom. The monoisotopic (exact) mass is 630 g/mol. The Kier molecular flexibility index (Phi) is 6.24. The molecule has 3 aliphatic carbocycles. The summed E-state index contributed by atoms with van der Waals surface area (Å²) >= 11 is 0. The predicted molar refractivity (Wildman–Crippen MR) is 192 cm³/mol. The average molecular weight is 631 g/mol. The highest BCUT2D eigenvalue weighted by Gasteiger charge is 2.67. The molecule has 0 saturated heterocycles. The molecule has 0 spiro atoms. The van der Waals surface area contributed by atoms with Crippen molar-refractivity contribution in [3.05, 3.63) is 157 Å². The number of nitrogens with zero attached hydrogens (tertiary/aromatic N) is 6. The van der Waals surface area contributed by atoms with Crippen molar-refractivity contribution in [1.29, 1.82) is 0 Å². The van der Waals surface area contributed by atoms with E-state index >= 15 is 0 Å². The van der Waals surface area contributed by atoms with Crippen molar-refractivity contribution in [3.8, 4) is 68.3 Å². The molecule has 0 amide bonds. The van der Waals surface area contributed by atoms with Gasteiger partial charge in [-0.15, -0.1) is 0 Å². The van der Waals surface area contributed by atoms with Gasteiger partial charge in [-0.3, -0.25) is 0 Å². The zero-order valence-corrected chi connectivity index (χ0v) is 26.6. The van der Waals surface area contributed by atoms with Crippen molar-refractivity contribution in [2.75, 3.05) is 0 Å². The zero-order chi connectivity index (χ0) is 32.4. The molecule has 0 radical (unpaired) electrons. The minimum absolute atomic E-state index is 0.314. The lowest BCUT2D eigenvalue weighted by atomic mass is 9.33. The topological polar surface area (TPSA) is 77.3 Å².